The lowest BCUT2D eigenvalue weighted by atomic mass is 10.1. The van der Waals surface area contributed by atoms with Gasteiger partial charge in [-0.2, -0.15) is 0 Å². The minimum Gasteiger partial charge on any atom is -0.356 e. The van der Waals surface area contributed by atoms with Crippen molar-refractivity contribution < 1.29 is 4.79 Å². The summed E-state index contributed by atoms with van der Waals surface area (Å²) in [5.41, 5.74) is 1.50. The summed E-state index contributed by atoms with van der Waals surface area (Å²) < 4.78 is 0. The summed E-state index contributed by atoms with van der Waals surface area (Å²) in [7, 11) is 0. The van der Waals surface area contributed by atoms with Crippen molar-refractivity contribution in [2.75, 3.05) is 12.4 Å². The van der Waals surface area contributed by atoms with Crippen molar-refractivity contribution in [2.45, 2.75) is 38.5 Å². The summed E-state index contributed by atoms with van der Waals surface area (Å²) in [5.74, 6) is 0.697. The van der Waals surface area contributed by atoms with Crippen LogP contribution in [0.15, 0.2) is 11.6 Å². The molecule has 3 heteroatoms. The Morgan fingerprint density at radius 2 is 2.43 bits per heavy atom. The van der Waals surface area contributed by atoms with Gasteiger partial charge in [0.05, 0.1) is 0 Å². The summed E-state index contributed by atoms with van der Waals surface area (Å²) in [6.07, 6.45) is 8.37. The zero-order chi connectivity index (χ0) is 10.2. The Labute approximate surface area is 90.7 Å². The number of halogens is 1. The van der Waals surface area contributed by atoms with Crippen LogP contribution >= 0.6 is 11.6 Å². The van der Waals surface area contributed by atoms with E-state index in [0.29, 0.717) is 12.3 Å². The number of hydrogen-bond acceptors (Lipinski definition) is 1. The molecular weight excluding hydrogens is 198 g/mol. The SMILES string of the molecule is O=C(CCCCl)NCCC1=CCCC1. The van der Waals surface area contributed by atoms with E-state index in [2.05, 4.69) is 11.4 Å². The molecular formula is C11H18ClNO. The molecule has 0 unspecified atom stereocenters. The van der Waals surface area contributed by atoms with Crippen LogP contribution < -0.4 is 5.32 Å². The predicted octanol–water partition coefficient (Wildman–Crippen LogP) is 2.62. The van der Waals surface area contributed by atoms with E-state index < -0.39 is 0 Å². The van der Waals surface area contributed by atoms with Gasteiger partial charge in [-0.1, -0.05) is 11.6 Å². The van der Waals surface area contributed by atoms with E-state index in [4.69, 9.17) is 11.6 Å². The first-order valence-electron chi connectivity index (χ1n) is 5.33. The van der Waals surface area contributed by atoms with Crippen LogP contribution in [0.4, 0.5) is 0 Å². The molecule has 2 nitrogen and oxygen atoms in total. The third kappa shape index (κ3) is 4.66. The summed E-state index contributed by atoms with van der Waals surface area (Å²) in [6, 6.07) is 0. The third-order valence-corrected chi connectivity index (χ3v) is 2.71. The molecule has 0 radical (unpaired) electrons. The van der Waals surface area contributed by atoms with Crippen LogP contribution in [0.25, 0.3) is 0 Å². The summed E-state index contributed by atoms with van der Waals surface area (Å²) in [5, 5.41) is 2.91. The molecule has 0 bridgehead atoms. The summed E-state index contributed by atoms with van der Waals surface area (Å²) >= 11 is 5.49. The molecule has 0 saturated carbocycles. The van der Waals surface area contributed by atoms with Crippen molar-refractivity contribution >= 4 is 17.5 Å². The van der Waals surface area contributed by atoms with E-state index in [1.807, 2.05) is 0 Å². The second-order valence-corrected chi connectivity index (χ2v) is 4.03. The van der Waals surface area contributed by atoms with E-state index in [-0.39, 0.29) is 5.91 Å². The molecule has 0 saturated heterocycles. The number of carbonyl (C=O) groups excluding carboxylic acids is 1. The number of nitrogens with one attached hydrogen (secondary N) is 1. The number of allylic oxidation sites excluding steroid dienone is 1. The van der Waals surface area contributed by atoms with Crippen molar-refractivity contribution in [3.8, 4) is 0 Å². The van der Waals surface area contributed by atoms with Crippen LogP contribution in [0.2, 0.25) is 0 Å². The first kappa shape index (κ1) is 11.6. The zero-order valence-corrected chi connectivity index (χ0v) is 9.28. The van der Waals surface area contributed by atoms with Gasteiger partial charge in [-0.05, 0) is 32.1 Å². The fourth-order valence-electron chi connectivity index (χ4n) is 1.64. The average Bonchev–Trinajstić information content (AvgIpc) is 2.67. The van der Waals surface area contributed by atoms with Gasteiger partial charge in [0.1, 0.15) is 0 Å². The predicted molar refractivity (Wildman–Crippen MR) is 59.5 cm³/mol. The largest absolute Gasteiger partial charge is 0.356 e. The quantitative estimate of drug-likeness (QED) is 0.536. The first-order chi connectivity index (χ1) is 6.83. The molecule has 0 heterocycles. The number of hydrogen-bond donors (Lipinski definition) is 1. The maximum atomic E-state index is 11.2. The van der Waals surface area contributed by atoms with E-state index in [0.717, 1.165) is 19.4 Å². The highest BCUT2D eigenvalue weighted by Crippen LogP contribution is 2.19. The first-order valence-corrected chi connectivity index (χ1v) is 5.87. The minimum absolute atomic E-state index is 0.129. The molecule has 0 aromatic heterocycles. The lowest BCUT2D eigenvalue weighted by Gasteiger charge is -2.04. The average molecular weight is 216 g/mol. The van der Waals surface area contributed by atoms with Crippen molar-refractivity contribution in [3.05, 3.63) is 11.6 Å². The number of alkyl halides is 1. The molecule has 1 N–H and O–H groups in total. The molecule has 1 aliphatic rings. The van der Waals surface area contributed by atoms with Crippen LogP contribution in [0, 0.1) is 0 Å². The maximum Gasteiger partial charge on any atom is 0.220 e. The van der Waals surface area contributed by atoms with E-state index in [1.165, 1.54) is 24.8 Å². The molecule has 0 aromatic rings. The lowest BCUT2D eigenvalue weighted by Crippen LogP contribution is -2.24. The highest BCUT2D eigenvalue weighted by molar-refractivity contribution is 6.17. The highest BCUT2D eigenvalue weighted by Gasteiger charge is 2.05. The van der Waals surface area contributed by atoms with Crippen molar-refractivity contribution in [3.63, 3.8) is 0 Å². The van der Waals surface area contributed by atoms with Gasteiger partial charge in [0.2, 0.25) is 5.91 Å². The van der Waals surface area contributed by atoms with Crippen molar-refractivity contribution in [1.29, 1.82) is 0 Å². The molecule has 0 aromatic carbocycles. The Balaban J connectivity index is 2.00. The van der Waals surface area contributed by atoms with Crippen LogP contribution in [-0.4, -0.2) is 18.3 Å². The molecule has 80 valence electrons. The topological polar surface area (TPSA) is 29.1 Å². The van der Waals surface area contributed by atoms with Crippen LogP contribution in [0.5, 0.6) is 0 Å². The number of carbonyl (C=O) groups is 1. The van der Waals surface area contributed by atoms with E-state index in [9.17, 15) is 4.79 Å². The monoisotopic (exact) mass is 215 g/mol. The van der Waals surface area contributed by atoms with Gasteiger partial charge in [-0.25, -0.2) is 0 Å². The third-order valence-electron chi connectivity index (χ3n) is 2.44. The molecule has 0 fully saturated rings. The van der Waals surface area contributed by atoms with Gasteiger partial charge in [0, 0.05) is 18.8 Å². The molecule has 0 spiro atoms. The second-order valence-electron chi connectivity index (χ2n) is 3.65. The highest BCUT2D eigenvalue weighted by atomic mass is 35.5. The van der Waals surface area contributed by atoms with Gasteiger partial charge < -0.3 is 5.32 Å². The minimum atomic E-state index is 0.129. The maximum absolute atomic E-state index is 11.2. The van der Waals surface area contributed by atoms with Gasteiger partial charge in [-0.3, -0.25) is 4.79 Å². The standard InChI is InChI=1S/C11H18ClNO/c12-8-3-6-11(14)13-9-7-10-4-1-2-5-10/h4H,1-3,5-9H2,(H,13,14). The van der Waals surface area contributed by atoms with Crippen molar-refractivity contribution in [2.24, 2.45) is 0 Å². The Kier molecular flexibility index (Phi) is 5.69. The molecule has 1 amide bonds. The van der Waals surface area contributed by atoms with Gasteiger partial charge in [-0.15, -0.1) is 11.6 Å². The normalized spacial score (nSPS) is 15.4. The lowest BCUT2D eigenvalue weighted by molar-refractivity contribution is -0.121. The number of amides is 1. The smallest absolute Gasteiger partial charge is 0.220 e. The van der Waals surface area contributed by atoms with E-state index >= 15 is 0 Å². The molecule has 0 aliphatic heterocycles. The summed E-state index contributed by atoms with van der Waals surface area (Å²) in [6.45, 7) is 0.785. The zero-order valence-electron chi connectivity index (χ0n) is 8.52. The molecule has 1 rings (SSSR count). The van der Waals surface area contributed by atoms with Gasteiger partial charge in [0.15, 0.2) is 0 Å². The Hall–Kier alpha value is -0.500. The summed E-state index contributed by atoms with van der Waals surface area (Å²) in [4.78, 5) is 11.2. The van der Waals surface area contributed by atoms with E-state index in [1.54, 1.807) is 0 Å². The molecule has 0 atom stereocenters. The van der Waals surface area contributed by atoms with Crippen LogP contribution in [0.1, 0.15) is 38.5 Å². The second kappa shape index (κ2) is 6.88. The fraction of sp³-hybridized carbons (Fsp3) is 0.727. The molecule has 1 aliphatic carbocycles. The number of rotatable bonds is 6. The Bertz CT molecular complexity index is 213. The fourth-order valence-corrected chi connectivity index (χ4v) is 1.78. The molecule has 14 heavy (non-hydrogen) atoms. The van der Waals surface area contributed by atoms with Crippen LogP contribution in [0.3, 0.4) is 0 Å². The van der Waals surface area contributed by atoms with Crippen molar-refractivity contribution in [1.82, 2.24) is 5.32 Å². The van der Waals surface area contributed by atoms with Gasteiger partial charge >= 0.3 is 0 Å². The Morgan fingerprint density at radius 3 is 3.07 bits per heavy atom. The Morgan fingerprint density at radius 1 is 1.57 bits per heavy atom. The van der Waals surface area contributed by atoms with Gasteiger partial charge in [0.25, 0.3) is 0 Å². The van der Waals surface area contributed by atoms with Crippen LogP contribution in [-0.2, 0) is 4.79 Å².